The van der Waals surface area contributed by atoms with Crippen LogP contribution >= 0.6 is 0 Å². The number of benzene rings is 1. The van der Waals surface area contributed by atoms with Gasteiger partial charge in [-0.1, -0.05) is 84.5 Å². The van der Waals surface area contributed by atoms with Crippen LogP contribution in [-0.2, 0) is 12.8 Å². The molecular weight excluding hydrogens is 340 g/mol. The van der Waals surface area contributed by atoms with Crippen molar-refractivity contribution >= 4 is 0 Å². The summed E-state index contributed by atoms with van der Waals surface area (Å²) in [4.78, 5) is 0. The SMILES string of the molecule is Cc1c(C)c2c(c(C)c1O)CC[C@@H](CCCCCCCCCCCC(C)C)C2. The summed E-state index contributed by atoms with van der Waals surface area (Å²) >= 11 is 0. The second-order valence-electron chi connectivity index (χ2n) is 9.94. The molecule has 0 amide bonds. The first-order valence-electron chi connectivity index (χ1n) is 12.2. The minimum atomic E-state index is 0.537. The lowest BCUT2D eigenvalue weighted by atomic mass is 9.77. The van der Waals surface area contributed by atoms with Gasteiger partial charge >= 0.3 is 0 Å². The van der Waals surface area contributed by atoms with Gasteiger partial charge in [0.2, 0.25) is 0 Å². The van der Waals surface area contributed by atoms with Crippen molar-refractivity contribution in [2.45, 2.75) is 125 Å². The van der Waals surface area contributed by atoms with Crippen LogP contribution in [0.3, 0.4) is 0 Å². The second kappa shape index (κ2) is 11.9. The molecule has 1 aromatic rings. The molecule has 0 unspecified atom stereocenters. The quantitative estimate of drug-likeness (QED) is 0.358. The molecule has 0 radical (unpaired) electrons. The summed E-state index contributed by atoms with van der Waals surface area (Å²) in [5.74, 6) is 2.27. The molecule has 0 aliphatic heterocycles. The van der Waals surface area contributed by atoms with Gasteiger partial charge in [0.15, 0.2) is 0 Å². The minimum absolute atomic E-state index is 0.537. The average Bonchev–Trinajstić information content (AvgIpc) is 2.68. The number of rotatable bonds is 12. The molecule has 160 valence electrons. The fraction of sp³-hybridized carbons (Fsp3) is 0.778. The molecule has 0 aromatic heterocycles. The highest BCUT2D eigenvalue weighted by Gasteiger charge is 2.24. The average molecular weight is 387 g/mol. The highest BCUT2D eigenvalue weighted by molar-refractivity contribution is 5.54. The van der Waals surface area contributed by atoms with Crippen LogP contribution in [0.1, 0.15) is 119 Å². The smallest absolute Gasteiger partial charge is 0.121 e. The molecule has 1 aliphatic rings. The Hall–Kier alpha value is -0.980. The summed E-state index contributed by atoms with van der Waals surface area (Å²) in [5, 5.41) is 10.3. The van der Waals surface area contributed by atoms with Gasteiger partial charge in [-0.2, -0.15) is 0 Å². The van der Waals surface area contributed by atoms with Gasteiger partial charge in [-0.25, -0.2) is 0 Å². The fourth-order valence-electron chi connectivity index (χ4n) is 5.10. The fourth-order valence-corrected chi connectivity index (χ4v) is 5.10. The number of hydrogen-bond donors (Lipinski definition) is 1. The van der Waals surface area contributed by atoms with E-state index >= 15 is 0 Å². The zero-order valence-corrected chi connectivity index (χ0v) is 19.5. The van der Waals surface area contributed by atoms with Gasteiger partial charge < -0.3 is 5.11 Å². The van der Waals surface area contributed by atoms with Gasteiger partial charge in [0.05, 0.1) is 0 Å². The Labute approximate surface area is 175 Å². The van der Waals surface area contributed by atoms with Crippen molar-refractivity contribution < 1.29 is 5.11 Å². The summed E-state index contributed by atoms with van der Waals surface area (Å²) in [6.07, 6.45) is 19.4. The molecule has 1 N–H and O–H groups in total. The zero-order chi connectivity index (χ0) is 20.5. The van der Waals surface area contributed by atoms with E-state index in [9.17, 15) is 5.11 Å². The van der Waals surface area contributed by atoms with Crippen LogP contribution in [0.4, 0.5) is 0 Å². The van der Waals surface area contributed by atoms with E-state index in [1.165, 1.54) is 94.6 Å². The predicted octanol–water partition coefficient (Wildman–Crippen LogP) is 8.37. The van der Waals surface area contributed by atoms with Crippen LogP contribution in [0.5, 0.6) is 5.75 Å². The number of phenols is 1. The Kier molecular flexibility index (Phi) is 9.89. The third-order valence-electron chi connectivity index (χ3n) is 7.23. The third-order valence-corrected chi connectivity index (χ3v) is 7.23. The molecule has 0 saturated carbocycles. The Bertz CT molecular complexity index is 599. The summed E-state index contributed by atoms with van der Waals surface area (Å²) < 4.78 is 0. The molecule has 0 spiro atoms. The molecule has 0 heterocycles. The first-order valence-corrected chi connectivity index (χ1v) is 12.2. The number of hydrogen-bond acceptors (Lipinski definition) is 1. The maximum absolute atomic E-state index is 10.3. The van der Waals surface area contributed by atoms with Crippen LogP contribution < -0.4 is 0 Å². The van der Waals surface area contributed by atoms with Gasteiger partial charge in [-0.05, 0) is 79.7 Å². The van der Waals surface area contributed by atoms with Crippen LogP contribution in [0.2, 0.25) is 0 Å². The van der Waals surface area contributed by atoms with Crippen LogP contribution in [0, 0.1) is 32.6 Å². The van der Waals surface area contributed by atoms with Crippen molar-refractivity contribution in [2.24, 2.45) is 11.8 Å². The van der Waals surface area contributed by atoms with Crippen LogP contribution in [0.25, 0.3) is 0 Å². The standard InChI is InChI=1S/C27H46O/c1-20(2)15-13-11-9-7-6-8-10-12-14-16-24-17-18-25-23(5)27(28)22(4)21(3)26(25)19-24/h20,24,28H,6-19H2,1-5H3/t24-/m1/s1. The van der Waals surface area contributed by atoms with Crippen molar-refractivity contribution in [2.75, 3.05) is 0 Å². The van der Waals surface area contributed by atoms with E-state index in [4.69, 9.17) is 0 Å². The van der Waals surface area contributed by atoms with Gasteiger partial charge in [0, 0.05) is 0 Å². The van der Waals surface area contributed by atoms with Crippen molar-refractivity contribution in [1.29, 1.82) is 0 Å². The maximum Gasteiger partial charge on any atom is 0.121 e. The molecule has 0 fully saturated rings. The normalized spacial score (nSPS) is 16.6. The topological polar surface area (TPSA) is 20.2 Å². The van der Waals surface area contributed by atoms with Gasteiger partial charge in [0.25, 0.3) is 0 Å². The summed E-state index contributed by atoms with van der Waals surface area (Å²) in [7, 11) is 0. The Morgan fingerprint density at radius 2 is 1.32 bits per heavy atom. The van der Waals surface area contributed by atoms with Gasteiger partial charge in [-0.3, -0.25) is 0 Å². The van der Waals surface area contributed by atoms with E-state index < -0.39 is 0 Å². The maximum atomic E-state index is 10.3. The van der Waals surface area contributed by atoms with Crippen molar-refractivity contribution in [3.05, 3.63) is 27.8 Å². The number of unbranched alkanes of at least 4 members (excludes halogenated alkanes) is 8. The molecular formula is C27H46O. The Morgan fingerprint density at radius 3 is 1.93 bits per heavy atom. The molecule has 0 saturated heterocycles. The number of fused-ring (bicyclic) bond motifs is 1. The number of phenolic OH excluding ortho intramolecular Hbond substituents is 1. The predicted molar refractivity (Wildman–Crippen MR) is 123 cm³/mol. The van der Waals surface area contributed by atoms with Crippen molar-refractivity contribution in [3.63, 3.8) is 0 Å². The lowest BCUT2D eigenvalue weighted by molar-refractivity contribution is 0.399. The van der Waals surface area contributed by atoms with E-state index in [2.05, 4.69) is 34.6 Å². The highest BCUT2D eigenvalue weighted by Crippen LogP contribution is 2.38. The molecule has 1 heteroatoms. The number of aromatic hydroxyl groups is 1. The third kappa shape index (κ3) is 6.82. The second-order valence-corrected chi connectivity index (χ2v) is 9.94. The first-order chi connectivity index (χ1) is 13.4. The van der Waals surface area contributed by atoms with E-state index in [0.29, 0.717) is 5.75 Å². The van der Waals surface area contributed by atoms with E-state index in [-0.39, 0.29) is 0 Å². The minimum Gasteiger partial charge on any atom is -0.507 e. The highest BCUT2D eigenvalue weighted by atomic mass is 16.3. The lowest BCUT2D eigenvalue weighted by Crippen LogP contribution is -2.17. The summed E-state index contributed by atoms with van der Waals surface area (Å²) in [6, 6.07) is 0. The van der Waals surface area contributed by atoms with Crippen molar-refractivity contribution in [3.8, 4) is 5.75 Å². The molecule has 0 bridgehead atoms. The molecule has 2 rings (SSSR count). The van der Waals surface area contributed by atoms with E-state index in [1.54, 1.807) is 5.56 Å². The zero-order valence-electron chi connectivity index (χ0n) is 19.5. The van der Waals surface area contributed by atoms with E-state index in [1.807, 2.05) is 0 Å². The van der Waals surface area contributed by atoms with Gasteiger partial charge in [0.1, 0.15) is 5.75 Å². The first kappa shape index (κ1) is 23.3. The summed E-state index contributed by atoms with van der Waals surface area (Å²) in [5.41, 5.74) is 6.59. The molecule has 1 nitrogen and oxygen atoms in total. The van der Waals surface area contributed by atoms with Crippen LogP contribution in [0.15, 0.2) is 0 Å². The lowest BCUT2D eigenvalue weighted by Gasteiger charge is -2.29. The molecule has 28 heavy (non-hydrogen) atoms. The summed E-state index contributed by atoms with van der Waals surface area (Å²) in [6.45, 7) is 11.1. The largest absolute Gasteiger partial charge is 0.507 e. The molecule has 1 atom stereocenters. The van der Waals surface area contributed by atoms with Crippen LogP contribution in [-0.4, -0.2) is 5.11 Å². The molecule has 1 aromatic carbocycles. The molecule has 1 aliphatic carbocycles. The Morgan fingerprint density at radius 1 is 0.750 bits per heavy atom. The van der Waals surface area contributed by atoms with Crippen molar-refractivity contribution in [1.82, 2.24) is 0 Å². The monoisotopic (exact) mass is 386 g/mol. The van der Waals surface area contributed by atoms with E-state index in [0.717, 1.165) is 29.4 Å². The van der Waals surface area contributed by atoms with Gasteiger partial charge in [-0.15, -0.1) is 0 Å². The Balaban J connectivity index is 1.58.